The summed E-state index contributed by atoms with van der Waals surface area (Å²) in [5.74, 6) is 1.14. The Kier molecular flexibility index (Phi) is 4.17. The number of H-pyrrole nitrogens is 1. The molecule has 0 bridgehead atoms. The summed E-state index contributed by atoms with van der Waals surface area (Å²) in [6.07, 6.45) is 0. The summed E-state index contributed by atoms with van der Waals surface area (Å²) in [6.45, 7) is 1.53. The van der Waals surface area contributed by atoms with Crippen molar-refractivity contribution in [3.63, 3.8) is 0 Å². The van der Waals surface area contributed by atoms with Crippen molar-refractivity contribution in [2.75, 3.05) is 13.8 Å². The van der Waals surface area contributed by atoms with Gasteiger partial charge in [0.2, 0.25) is 16.8 Å². The van der Waals surface area contributed by atoms with E-state index in [1.807, 2.05) is 0 Å². The molecule has 1 aliphatic rings. The number of benzene rings is 1. The average molecular weight is 367 g/mol. The van der Waals surface area contributed by atoms with Gasteiger partial charge in [-0.05, 0) is 24.6 Å². The molecule has 0 amide bonds. The fourth-order valence-electron chi connectivity index (χ4n) is 2.55. The largest absolute Gasteiger partial charge is 0.454 e. The summed E-state index contributed by atoms with van der Waals surface area (Å²) in [5, 5.41) is 0. The molecular formula is C15H17N3O6S. The Bertz CT molecular complexity index is 1050. The van der Waals surface area contributed by atoms with E-state index in [-0.39, 0.29) is 19.0 Å². The van der Waals surface area contributed by atoms with Gasteiger partial charge in [-0.1, -0.05) is 6.07 Å². The van der Waals surface area contributed by atoms with Crippen LogP contribution in [0.15, 0.2) is 32.7 Å². The van der Waals surface area contributed by atoms with Crippen molar-refractivity contribution in [2.24, 2.45) is 7.05 Å². The predicted octanol–water partition coefficient (Wildman–Crippen LogP) is -0.0686. The zero-order chi connectivity index (χ0) is 18.4. The fraction of sp³-hybridized carbons (Fsp3) is 0.333. The molecule has 3 rings (SSSR count). The normalized spacial score (nSPS) is 13.4. The van der Waals surface area contributed by atoms with Gasteiger partial charge < -0.3 is 14.5 Å². The number of aromatic amines is 1. The first kappa shape index (κ1) is 17.2. The zero-order valence-corrected chi connectivity index (χ0v) is 14.7. The summed E-state index contributed by atoms with van der Waals surface area (Å²) >= 11 is 0. The van der Waals surface area contributed by atoms with Gasteiger partial charge in [0.25, 0.3) is 5.56 Å². The van der Waals surface area contributed by atoms with Crippen LogP contribution in [0.2, 0.25) is 0 Å². The maximum atomic E-state index is 12.8. The van der Waals surface area contributed by atoms with Gasteiger partial charge in [0.1, 0.15) is 0 Å². The molecule has 0 spiro atoms. The number of rotatable bonds is 4. The standard InChI is InChI=1S/C15H17N3O6S/c1-9-13(14(19)18(3)15(20)16-9)25(21,22)17(2)7-10-4-5-11-12(6-10)24-8-23-11/h4-6H,7-8H2,1-3H3,(H,16,20). The fourth-order valence-corrected chi connectivity index (χ4v) is 3.97. The van der Waals surface area contributed by atoms with Crippen molar-refractivity contribution in [1.82, 2.24) is 13.9 Å². The lowest BCUT2D eigenvalue weighted by molar-refractivity contribution is 0.174. The van der Waals surface area contributed by atoms with Gasteiger partial charge in [-0.15, -0.1) is 0 Å². The molecule has 9 nitrogen and oxygen atoms in total. The Morgan fingerprint density at radius 2 is 1.92 bits per heavy atom. The molecule has 0 saturated heterocycles. The van der Waals surface area contributed by atoms with Crippen LogP contribution in [0.1, 0.15) is 11.3 Å². The first-order valence-corrected chi connectivity index (χ1v) is 8.80. The Morgan fingerprint density at radius 3 is 2.64 bits per heavy atom. The number of aromatic nitrogens is 2. The Balaban J connectivity index is 1.97. The lowest BCUT2D eigenvalue weighted by Crippen LogP contribution is -2.40. The highest BCUT2D eigenvalue weighted by Gasteiger charge is 2.28. The highest BCUT2D eigenvalue weighted by Crippen LogP contribution is 2.33. The number of fused-ring (bicyclic) bond motifs is 1. The van der Waals surface area contributed by atoms with E-state index in [9.17, 15) is 18.0 Å². The molecule has 2 heterocycles. The molecule has 10 heteroatoms. The smallest absolute Gasteiger partial charge is 0.328 e. The van der Waals surface area contributed by atoms with Gasteiger partial charge in [0, 0.05) is 26.3 Å². The van der Waals surface area contributed by atoms with E-state index in [4.69, 9.17) is 9.47 Å². The molecule has 1 aromatic heterocycles. The van der Waals surface area contributed by atoms with Crippen LogP contribution in [-0.4, -0.2) is 36.1 Å². The first-order valence-electron chi connectivity index (χ1n) is 7.36. The van der Waals surface area contributed by atoms with Gasteiger partial charge in [-0.2, -0.15) is 4.31 Å². The third kappa shape index (κ3) is 2.94. The van der Waals surface area contributed by atoms with Crippen LogP contribution < -0.4 is 20.7 Å². The molecular weight excluding hydrogens is 350 g/mol. The molecule has 134 valence electrons. The molecule has 0 radical (unpaired) electrons. The lowest BCUT2D eigenvalue weighted by Gasteiger charge is -2.18. The summed E-state index contributed by atoms with van der Waals surface area (Å²) in [5.41, 5.74) is -0.849. The number of nitrogens with one attached hydrogen (secondary N) is 1. The van der Waals surface area contributed by atoms with Crippen LogP contribution in [0.3, 0.4) is 0 Å². The van der Waals surface area contributed by atoms with Crippen LogP contribution in [0.25, 0.3) is 0 Å². The highest BCUT2D eigenvalue weighted by atomic mass is 32.2. The first-order chi connectivity index (χ1) is 11.7. The van der Waals surface area contributed by atoms with E-state index in [0.717, 1.165) is 8.87 Å². The number of nitrogens with zero attached hydrogens (tertiary/aromatic N) is 2. The molecule has 1 aliphatic heterocycles. The number of sulfonamides is 1. The third-order valence-electron chi connectivity index (χ3n) is 3.95. The van der Waals surface area contributed by atoms with Crippen molar-refractivity contribution >= 4 is 10.0 Å². The number of aryl methyl sites for hydroxylation is 1. The highest BCUT2D eigenvalue weighted by molar-refractivity contribution is 7.89. The van der Waals surface area contributed by atoms with Gasteiger partial charge in [0.15, 0.2) is 16.4 Å². The van der Waals surface area contributed by atoms with E-state index in [1.165, 1.54) is 21.0 Å². The van der Waals surface area contributed by atoms with Gasteiger partial charge >= 0.3 is 5.69 Å². The average Bonchev–Trinajstić information content (AvgIpc) is 3.00. The molecule has 2 aromatic rings. The molecule has 0 atom stereocenters. The van der Waals surface area contributed by atoms with Crippen molar-refractivity contribution < 1.29 is 17.9 Å². The topological polar surface area (TPSA) is 111 Å². The zero-order valence-electron chi connectivity index (χ0n) is 13.9. The SMILES string of the molecule is Cc1[nH]c(=O)n(C)c(=O)c1S(=O)(=O)N(C)Cc1ccc2c(c1)OCO2. The second-order valence-electron chi connectivity index (χ2n) is 5.70. The summed E-state index contributed by atoms with van der Waals surface area (Å²) in [7, 11) is -1.51. The molecule has 0 saturated carbocycles. The Hall–Kier alpha value is -2.59. The van der Waals surface area contributed by atoms with E-state index in [2.05, 4.69) is 4.98 Å². The lowest BCUT2D eigenvalue weighted by atomic mass is 10.2. The van der Waals surface area contributed by atoms with E-state index in [0.29, 0.717) is 17.1 Å². The van der Waals surface area contributed by atoms with Crippen molar-refractivity contribution in [3.8, 4) is 11.5 Å². The minimum Gasteiger partial charge on any atom is -0.454 e. The molecule has 1 N–H and O–H groups in total. The molecule has 1 aromatic carbocycles. The number of hydrogen-bond donors (Lipinski definition) is 1. The van der Waals surface area contributed by atoms with Gasteiger partial charge in [-0.25, -0.2) is 13.2 Å². The molecule has 0 fully saturated rings. The summed E-state index contributed by atoms with van der Waals surface area (Å²) in [6, 6.07) is 5.10. The van der Waals surface area contributed by atoms with Gasteiger partial charge in [-0.3, -0.25) is 9.36 Å². The summed E-state index contributed by atoms with van der Waals surface area (Å²) in [4.78, 5) is 25.8. The van der Waals surface area contributed by atoms with Crippen LogP contribution in [-0.2, 0) is 23.6 Å². The van der Waals surface area contributed by atoms with Crippen LogP contribution in [0, 0.1) is 6.92 Å². The van der Waals surface area contributed by atoms with E-state index < -0.39 is 26.2 Å². The van der Waals surface area contributed by atoms with Crippen molar-refractivity contribution in [3.05, 3.63) is 50.3 Å². The molecule has 0 aliphatic carbocycles. The third-order valence-corrected chi connectivity index (χ3v) is 5.90. The Morgan fingerprint density at radius 1 is 1.24 bits per heavy atom. The van der Waals surface area contributed by atoms with E-state index in [1.54, 1.807) is 18.2 Å². The number of hydrogen-bond acceptors (Lipinski definition) is 6. The Labute approximate surface area is 143 Å². The quantitative estimate of drug-likeness (QED) is 0.810. The maximum absolute atomic E-state index is 12.8. The number of ether oxygens (including phenoxy) is 2. The minimum absolute atomic E-state index is 0.00522. The second-order valence-corrected chi connectivity index (χ2v) is 7.68. The maximum Gasteiger partial charge on any atom is 0.328 e. The van der Waals surface area contributed by atoms with Crippen molar-refractivity contribution in [1.29, 1.82) is 0 Å². The van der Waals surface area contributed by atoms with Crippen LogP contribution >= 0.6 is 0 Å². The second kappa shape index (κ2) is 6.05. The predicted molar refractivity (Wildman–Crippen MR) is 88.3 cm³/mol. The molecule has 25 heavy (non-hydrogen) atoms. The van der Waals surface area contributed by atoms with Crippen molar-refractivity contribution in [2.45, 2.75) is 18.4 Å². The monoisotopic (exact) mass is 367 g/mol. The summed E-state index contributed by atoms with van der Waals surface area (Å²) < 4.78 is 37.9. The van der Waals surface area contributed by atoms with Crippen LogP contribution in [0.5, 0.6) is 11.5 Å². The minimum atomic E-state index is -4.09. The van der Waals surface area contributed by atoms with Crippen LogP contribution in [0.4, 0.5) is 0 Å². The molecule has 0 unspecified atom stereocenters. The van der Waals surface area contributed by atoms with Gasteiger partial charge in [0.05, 0.1) is 0 Å². The van der Waals surface area contributed by atoms with E-state index >= 15 is 0 Å².